The first kappa shape index (κ1) is 17.7. The van der Waals surface area contributed by atoms with E-state index in [1.54, 1.807) is 7.05 Å². The minimum atomic E-state index is -0.832. The van der Waals surface area contributed by atoms with Gasteiger partial charge in [0.15, 0.2) is 0 Å². The zero-order chi connectivity index (χ0) is 17.7. The second kappa shape index (κ2) is 7.76. The number of amides is 2. The van der Waals surface area contributed by atoms with E-state index in [0.717, 1.165) is 32.1 Å². The van der Waals surface area contributed by atoms with Gasteiger partial charge in [-0.1, -0.05) is 19.3 Å². The fourth-order valence-corrected chi connectivity index (χ4v) is 2.88. The number of ether oxygens (including phenoxy) is 1. The van der Waals surface area contributed by atoms with E-state index < -0.39 is 16.7 Å². The fraction of sp³-hybridized carbons (Fsp3) is 0.500. The van der Waals surface area contributed by atoms with Crippen LogP contribution in [0.4, 0.5) is 11.4 Å². The number of hydrogen-bond acceptors (Lipinski definition) is 5. The van der Waals surface area contributed by atoms with E-state index in [4.69, 9.17) is 4.74 Å². The Labute approximate surface area is 139 Å². The summed E-state index contributed by atoms with van der Waals surface area (Å²) in [5.74, 6) is -1.24. The second-order valence-electron chi connectivity index (χ2n) is 5.80. The van der Waals surface area contributed by atoms with Crippen LogP contribution in [0.3, 0.4) is 0 Å². The first-order valence-corrected chi connectivity index (χ1v) is 7.84. The van der Waals surface area contributed by atoms with Crippen LogP contribution in [-0.4, -0.2) is 41.8 Å². The summed E-state index contributed by atoms with van der Waals surface area (Å²) in [5.41, 5.74) is -0.0960. The second-order valence-corrected chi connectivity index (χ2v) is 5.80. The molecule has 8 nitrogen and oxygen atoms in total. The number of anilines is 1. The SMILES string of the molecule is COc1ccc([N+](=O)[O-])cc1NC(=O)C(=O)N(C)C1CCCCC1. The maximum absolute atomic E-state index is 12.3. The Morgan fingerprint density at radius 3 is 2.54 bits per heavy atom. The molecular formula is C16H21N3O5. The molecule has 0 atom stereocenters. The van der Waals surface area contributed by atoms with E-state index in [1.165, 1.54) is 30.2 Å². The van der Waals surface area contributed by atoms with Gasteiger partial charge in [0.2, 0.25) is 0 Å². The summed E-state index contributed by atoms with van der Waals surface area (Å²) in [4.78, 5) is 36.3. The molecule has 2 rings (SSSR count). The van der Waals surface area contributed by atoms with Crippen molar-refractivity contribution in [2.75, 3.05) is 19.5 Å². The number of likely N-dealkylation sites (N-methyl/N-ethyl adjacent to an activating group) is 1. The maximum Gasteiger partial charge on any atom is 0.314 e. The van der Waals surface area contributed by atoms with Crippen molar-refractivity contribution in [3.63, 3.8) is 0 Å². The highest BCUT2D eigenvalue weighted by Gasteiger charge is 2.27. The van der Waals surface area contributed by atoms with Gasteiger partial charge in [-0.3, -0.25) is 19.7 Å². The normalized spacial score (nSPS) is 14.8. The van der Waals surface area contributed by atoms with Crippen LogP contribution in [0.2, 0.25) is 0 Å². The average molecular weight is 335 g/mol. The summed E-state index contributed by atoms with van der Waals surface area (Å²) in [5, 5.41) is 13.3. The molecule has 0 unspecified atom stereocenters. The van der Waals surface area contributed by atoms with Crippen LogP contribution in [0.15, 0.2) is 18.2 Å². The number of rotatable bonds is 4. The highest BCUT2D eigenvalue weighted by atomic mass is 16.6. The summed E-state index contributed by atoms with van der Waals surface area (Å²) in [6.07, 6.45) is 5.01. The molecular weight excluding hydrogens is 314 g/mol. The smallest absolute Gasteiger partial charge is 0.314 e. The number of methoxy groups -OCH3 is 1. The predicted molar refractivity (Wildman–Crippen MR) is 87.9 cm³/mol. The Morgan fingerprint density at radius 1 is 1.29 bits per heavy atom. The molecule has 8 heteroatoms. The molecule has 1 fully saturated rings. The Morgan fingerprint density at radius 2 is 1.96 bits per heavy atom. The summed E-state index contributed by atoms with van der Waals surface area (Å²) < 4.78 is 5.08. The van der Waals surface area contributed by atoms with Crippen molar-refractivity contribution in [2.24, 2.45) is 0 Å². The van der Waals surface area contributed by atoms with E-state index in [2.05, 4.69) is 5.32 Å². The summed E-state index contributed by atoms with van der Waals surface area (Å²) in [7, 11) is 3.00. The van der Waals surface area contributed by atoms with E-state index in [-0.39, 0.29) is 23.2 Å². The lowest BCUT2D eigenvalue weighted by Crippen LogP contribution is -2.44. The number of hydrogen-bond donors (Lipinski definition) is 1. The number of nitrogens with zero attached hydrogens (tertiary/aromatic N) is 2. The molecule has 0 heterocycles. The lowest BCUT2D eigenvalue weighted by Gasteiger charge is -2.30. The molecule has 130 valence electrons. The van der Waals surface area contributed by atoms with Crippen molar-refractivity contribution in [1.82, 2.24) is 4.90 Å². The van der Waals surface area contributed by atoms with E-state index in [1.807, 2.05) is 0 Å². The van der Waals surface area contributed by atoms with Gasteiger partial charge in [0.25, 0.3) is 5.69 Å². The molecule has 0 saturated heterocycles. The number of nitro groups is 1. The van der Waals surface area contributed by atoms with Crippen LogP contribution in [0.5, 0.6) is 5.75 Å². The summed E-state index contributed by atoms with van der Waals surface area (Å²) in [6, 6.07) is 3.88. The number of benzene rings is 1. The molecule has 1 aromatic rings. The lowest BCUT2D eigenvalue weighted by molar-refractivity contribution is -0.384. The highest BCUT2D eigenvalue weighted by molar-refractivity contribution is 6.39. The van der Waals surface area contributed by atoms with E-state index in [0.29, 0.717) is 0 Å². The van der Waals surface area contributed by atoms with Gasteiger partial charge in [0.1, 0.15) is 5.75 Å². The van der Waals surface area contributed by atoms with Gasteiger partial charge >= 0.3 is 11.8 Å². The van der Waals surface area contributed by atoms with Gasteiger partial charge in [-0.2, -0.15) is 0 Å². The largest absolute Gasteiger partial charge is 0.495 e. The number of carbonyl (C=O) groups excluding carboxylic acids is 2. The standard InChI is InChI=1S/C16H21N3O5/c1-18(11-6-4-3-5-7-11)16(21)15(20)17-13-10-12(19(22)23)8-9-14(13)24-2/h8-11H,3-7H2,1-2H3,(H,17,20). The van der Waals surface area contributed by atoms with E-state index >= 15 is 0 Å². The first-order valence-electron chi connectivity index (χ1n) is 7.84. The molecule has 1 aliphatic carbocycles. The first-order chi connectivity index (χ1) is 11.4. The Bertz CT molecular complexity index is 641. The van der Waals surface area contributed by atoms with Crippen molar-refractivity contribution in [1.29, 1.82) is 0 Å². The minimum Gasteiger partial charge on any atom is -0.495 e. The van der Waals surface area contributed by atoms with Gasteiger partial charge in [-0.25, -0.2) is 0 Å². The summed E-state index contributed by atoms with van der Waals surface area (Å²) in [6.45, 7) is 0. The van der Waals surface area contributed by atoms with Gasteiger partial charge in [0, 0.05) is 25.2 Å². The Hall–Kier alpha value is -2.64. The van der Waals surface area contributed by atoms with E-state index in [9.17, 15) is 19.7 Å². The molecule has 0 spiro atoms. The monoisotopic (exact) mass is 335 g/mol. The maximum atomic E-state index is 12.3. The number of carbonyl (C=O) groups is 2. The lowest BCUT2D eigenvalue weighted by atomic mass is 9.94. The van der Waals surface area contributed by atoms with Crippen molar-refractivity contribution >= 4 is 23.2 Å². The molecule has 0 aliphatic heterocycles. The van der Waals surface area contributed by atoms with Gasteiger partial charge < -0.3 is 15.0 Å². The zero-order valence-corrected chi connectivity index (χ0v) is 13.8. The van der Waals surface area contributed by atoms with Gasteiger partial charge in [-0.15, -0.1) is 0 Å². The van der Waals surface area contributed by atoms with Crippen molar-refractivity contribution in [3.05, 3.63) is 28.3 Å². The van der Waals surface area contributed by atoms with Crippen LogP contribution in [-0.2, 0) is 9.59 Å². The quantitative estimate of drug-likeness (QED) is 0.517. The van der Waals surface area contributed by atoms with Crippen LogP contribution in [0, 0.1) is 10.1 Å². The third kappa shape index (κ3) is 4.01. The van der Waals surface area contributed by atoms with Crippen molar-refractivity contribution in [2.45, 2.75) is 38.1 Å². The van der Waals surface area contributed by atoms with Gasteiger partial charge in [-0.05, 0) is 18.9 Å². The van der Waals surface area contributed by atoms with Crippen molar-refractivity contribution in [3.8, 4) is 5.75 Å². The molecule has 2 amide bonds. The summed E-state index contributed by atoms with van der Waals surface area (Å²) >= 11 is 0. The minimum absolute atomic E-state index is 0.0593. The molecule has 24 heavy (non-hydrogen) atoms. The molecule has 1 aliphatic rings. The average Bonchev–Trinajstić information content (AvgIpc) is 2.60. The molecule has 1 aromatic carbocycles. The molecule has 0 aromatic heterocycles. The number of nitro benzene ring substituents is 1. The van der Waals surface area contributed by atoms with Gasteiger partial charge in [0.05, 0.1) is 17.7 Å². The molecule has 1 N–H and O–H groups in total. The van der Waals surface area contributed by atoms with Crippen molar-refractivity contribution < 1.29 is 19.2 Å². The highest BCUT2D eigenvalue weighted by Crippen LogP contribution is 2.29. The molecule has 0 radical (unpaired) electrons. The molecule has 1 saturated carbocycles. The topological polar surface area (TPSA) is 102 Å². The number of non-ortho nitro benzene ring substituents is 1. The van der Waals surface area contributed by atoms with Crippen LogP contribution < -0.4 is 10.1 Å². The third-order valence-electron chi connectivity index (χ3n) is 4.28. The van der Waals surface area contributed by atoms with Crippen LogP contribution in [0.25, 0.3) is 0 Å². The predicted octanol–water partition coefficient (Wildman–Crippen LogP) is 2.33. The Balaban J connectivity index is 2.11. The fourth-order valence-electron chi connectivity index (χ4n) is 2.88. The third-order valence-corrected chi connectivity index (χ3v) is 4.28. The zero-order valence-electron chi connectivity index (χ0n) is 13.8. The van der Waals surface area contributed by atoms with Crippen LogP contribution >= 0.6 is 0 Å². The van der Waals surface area contributed by atoms with Crippen LogP contribution in [0.1, 0.15) is 32.1 Å². The number of nitrogens with one attached hydrogen (secondary N) is 1. The Kier molecular flexibility index (Phi) is 5.73. The molecule has 0 bridgehead atoms.